The maximum atomic E-state index is 12.5. The van der Waals surface area contributed by atoms with Crippen molar-refractivity contribution in [3.05, 3.63) is 57.6 Å². The minimum atomic E-state index is -0.502. The van der Waals surface area contributed by atoms with Crippen molar-refractivity contribution in [1.82, 2.24) is 0 Å². The van der Waals surface area contributed by atoms with Gasteiger partial charge in [0.15, 0.2) is 0 Å². The Balaban J connectivity index is 0.000000670. The SMILES string of the molecule is CCCCCCCCCCCCCCCCCCOC(=O)C(S)Cc1cc(C)c(O)c(C)c1.CCCCCCCCCCCCCOC(=O)C(S)Cc1cc(C(C)(C)C)c(O)c(C(C)(C)C)c1. The first-order valence-corrected chi connectivity index (χ1v) is 28.2. The van der Waals surface area contributed by atoms with Gasteiger partial charge in [-0.2, -0.15) is 25.3 Å². The number of aryl methyl sites for hydroxylation is 2. The molecule has 0 aliphatic rings. The number of carbonyl (C=O) groups is 2. The molecule has 2 atom stereocenters. The van der Waals surface area contributed by atoms with Gasteiger partial charge >= 0.3 is 11.9 Å². The van der Waals surface area contributed by atoms with Crippen LogP contribution in [0.3, 0.4) is 0 Å². The maximum Gasteiger partial charge on any atom is 0.319 e. The lowest BCUT2D eigenvalue weighted by Crippen LogP contribution is -2.22. The highest BCUT2D eigenvalue weighted by molar-refractivity contribution is 7.82. The standard InChI is InChI=1S/C30H52O3S.C29H50O3S/c1-8-9-10-11-12-13-14-15-16-17-18-19-33-28(32)26(34)22-23-20-24(29(2,3)4)27(31)25(21-23)30(5,6)7;1-4-5-6-7-8-9-10-11-12-13-14-15-16-17-18-19-20-32-29(31)27(33)23-26-21-24(2)28(30)25(3)22-26/h20-21,26,31,34H,8-19,22H2,1-7H3;21-22,27,30,33H,4-20,23H2,1-3H3. The molecule has 0 radical (unpaired) electrons. The third-order valence-electron chi connectivity index (χ3n) is 13.0. The van der Waals surface area contributed by atoms with Crippen LogP contribution in [-0.4, -0.2) is 45.9 Å². The van der Waals surface area contributed by atoms with E-state index in [9.17, 15) is 19.8 Å². The fraction of sp³-hybridized carbons (Fsp3) is 0.763. The monoisotopic (exact) mass is 971 g/mol. The van der Waals surface area contributed by atoms with Gasteiger partial charge in [-0.15, -0.1) is 0 Å². The third kappa shape index (κ3) is 29.5. The highest BCUT2D eigenvalue weighted by Gasteiger charge is 2.28. The predicted molar refractivity (Wildman–Crippen MR) is 294 cm³/mol. The molecule has 6 nitrogen and oxygen atoms in total. The molecule has 0 bridgehead atoms. The fourth-order valence-electron chi connectivity index (χ4n) is 8.69. The van der Waals surface area contributed by atoms with Gasteiger partial charge in [-0.3, -0.25) is 9.59 Å². The number of hydrogen-bond donors (Lipinski definition) is 4. The van der Waals surface area contributed by atoms with E-state index >= 15 is 0 Å². The molecule has 0 saturated heterocycles. The summed E-state index contributed by atoms with van der Waals surface area (Å²) in [6, 6.07) is 7.86. The minimum absolute atomic E-state index is 0.193. The summed E-state index contributed by atoms with van der Waals surface area (Å²) in [4.78, 5) is 24.7. The minimum Gasteiger partial charge on any atom is -0.507 e. The number of rotatable bonds is 35. The molecule has 0 saturated carbocycles. The van der Waals surface area contributed by atoms with Crippen LogP contribution in [-0.2, 0) is 42.7 Å². The second-order valence-corrected chi connectivity index (χ2v) is 23.0. The smallest absolute Gasteiger partial charge is 0.319 e. The molecule has 2 rings (SSSR count). The number of phenolic OH excluding ortho intramolecular Hbond substituents is 2. The van der Waals surface area contributed by atoms with Gasteiger partial charge in [-0.05, 0) is 83.7 Å². The summed E-state index contributed by atoms with van der Waals surface area (Å²) in [5.41, 5.74) is 5.10. The van der Waals surface area contributed by atoms with E-state index in [-0.39, 0.29) is 22.8 Å². The topological polar surface area (TPSA) is 93.1 Å². The predicted octanol–water partition coefficient (Wildman–Crippen LogP) is 17.3. The van der Waals surface area contributed by atoms with Gasteiger partial charge in [0.05, 0.1) is 13.2 Å². The van der Waals surface area contributed by atoms with Crippen molar-refractivity contribution < 1.29 is 29.3 Å². The summed E-state index contributed by atoms with van der Waals surface area (Å²) in [5, 5.41) is 19.8. The molecule has 0 fully saturated rings. The van der Waals surface area contributed by atoms with Crippen LogP contribution >= 0.6 is 25.3 Å². The Morgan fingerprint density at radius 3 is 0.970 bits per heavy atom. The molecule has 2 N–H and O–H groups in total. The summed E-state index contributed by atoms with van der Waals surface area (Å²) < 4.78 is 10.9. The summed E-state index contributed by atoms with van der Waals surface area (Å²) in [7, 11) is 0. The van der Waals surface area contributed by atoms with E-state index in [2.05, 4.69) is 80.6 Å². The molecule has 67 heavy (non-hydrogen) atoms. The van der Waals surface area contributed by atoms with Crippen molar-refractivity contribution in [2.75, 3.05) is 13.2 Å². The van der Waals surface area contributed by atoms with Crippen molar-refractivity contribution in [2.24, 2.45) is 0 Å². The molecule has 8 heteroatoms. The van der Waals surface area contributed by atoms with Crippen molar-refractivity contribution in [3.8, 4) is 11.5 Å². The Labute approximate surface area is 423 Å². The van der Waals surface area contributed by atoms with Crippen LogP contribution < -0.4 is 0 Å². The number of benzene rings is 2. The molecule has 0 amide bonds. The zero-order valence-corrected chi connectivity index (χ0v) is 46.6. The molecule has 2 unspecified atom stereocenters. The van der Waals surface area contributed by atoms with Gasteiger partial charge in [-0.25, -0.2) is 0 Å². The van der Waals surface area contributed by atoms with Crippen LogP contribution in [0, 0.1) is 13.8 Å². The molecule has 0 aromatic heterocycles. The Morgan fingerprint density at radius 1 is 0.448 bits per heavy atom. The Morgan fingerprint density at radius 2 is 0.701 bits per heavy atom. The molecule has 386 valence electrons. The summed E-state index contributed by atoms with van der Waals surface area (Å²) in [6.45, 7) is 21.8. The summed E-state index contributed by atoms with van der Waals surface area (Å²) in [6.07, 6.45) is 36.4. The zero-order valence-electron chi connectivity index (χ0n) is 44.8. The lowest BCUT2D eigenvalue weighted by atomic mass is 9.78. The summed E-state index contributed by atoms with van der Waals surface area (Å²) in [5.74, 6) is 0.180. The number of esters is 2. The highest BCUT2D eigenvalue weighted by atomic mass is 32.1. The lowest BCUT2D eigenvalue weighted by Gasteiger charge is -2.28. The first-order valence-electron chi connectivity index (χ1n) is 27.2. The molecular weight excluding hydrogens is 869 g/mol. The second kappa shape index (κ2) is 36.6. The quantitative estimate of drug-likeness (QED) is 0.0312. The van der Waals surface area contributed by atoms with Crippen molar-refractivity contribution in [3.63, 3.8) is 0 Å². The largest absolute Gasteiger partial charge is 0.507 e. The van der Waals surface area contributed by atoms with Crippen LogP contribution in [0.15, 0.2) is 24.3 Å². The van der Waals surface area contributed by atoms with Crippen LogP contribution in [0.1, 0.15) is 262 Å². The van der Waals surface area contributed by atoms with Crippen LogP contribution in [0.2, 0.25) is 0 Å². The third-order valence-corrected chi connectivity index (χ3v) is 13.8. The zero-order chi connectivity index (χ0) is 50.1. The maximum absolute atomic E-state index is 12.5. The lowest BCUT2D eigenvalue weighted by molar-refractivity contribution is -0.143. The van der Waals surface area contributed by atoms with Crippen molar-refractivity contribution >= 4 is 37.2 Å². The molecule has 0 aliphatic carbocycles. The first kappa shape index (κ1) is 62.7. The number of thiol groups is 2. The Kier molecular flexibility index (Phi) is 34.2. The van der Waals surface area contributed by atoms with Crippen LogP contribution in [0.5, 0.6) is 11.5 Å². The van der Waals surface area contributed by atoms with Crippen LogP contribution in [0.4, 0.5) is 0 Å². The number of phenols is 2. The van der Waals surface area contributed by atoms with Gasteiger partial charge in [-0.1, -0.05) is 240 Å². The van der Waals surface area contributed by atoms with Crippen molar-refractivity contribution in [1.29, 1.82) is 0 Å². The summed E-state index contributed by atoms with van der Waals surface area (Å²) >= 11 is 8.98. The highest BCUT2D eigenvalue weighted by Crippen LogP contribution is 2.40. The van der Waals surface area contributed by atoms with Gasteiger partial charge in [0, 0.05) is 0 Å². The van der Waals surface area contributed by atoms with Gasteiger partial charge in [0.25, 0.3) is 0 Å². The van der Waals surface area contributed by atoms with E-state index in [1.807, 2.05) is 38.1 Å². The van der Waals surface area contributed by atoms with E-state index in [0.717, 1.165) is 59.1 Å². The molecular formula is C59H102O6S2. The molecule has 0 aliphatic heterocycles. The number of unbranched alkanes of at least 4 members (excludes halogenated alkanes) is 25. The van der Waals surface area contributed by atoms with Gasteiger partial charge in [0.1, 0.15) is 22.0 Å². The van der Waals surface area contributed by atoms with E-state index in [0.29, 0.717) is 37.6 Å². The average molecular weight is 972 g/mol. The van der Waals surface area contributed by atoms with E-state index in [4.69, 9.17) is 9.47 Å². The Bertz CT molecular complexity index is 1550. The molecule has 0 spiro atoms. The number of ether oxygens (including phenoxy) is 2. The normalized spacial score (nSPS) is 12.7. The first-order chi connectivity index (χ1) is 31.8. The van der Waals surface area contributed by atoms with Gasteiger partial charge in [0.2, 0.25) is 0 Å². The van der Waals surface area contributed by atoms with E-state index < -0.39 is 10.5 Å². The molecule has 2 aromatic carbocycles. The molecule has 0 heterocycles. The number of aromatic hydroxyl groups is 2. The molecule has 2 aromatic rings. The van der Waals surface area contributed by atoms with Crippen molar-refractivity contribution in [2.45, 2.75) is 277 Å². The number of carbonyl (C=O) groups excluding carboxylic acids is 2. The Hall–Kier alpha value is -2.32. The average Bonchev–Trinajstić information content (AvgIpc) is 3.26. The van der Waals surface area contributed by atoms with Crippen LogP contribution in [0.25, 0.3) is 0 Å². The fourth-order valence-corrected chi connectivity index (χ4v) is 9.26. The van der Waals surface area contributed by atoms with Gasteiger partial charge < -0.3 is 19.7 Å². The second-order valence-electron chi connectivity index (χ2n) is 21.7. The van der Waals surface area contributed by atoms with E-state index in [1.54, 1.807) is 0 Å². The van der Waals surface area contributed by atoms with E-state index in [1.165, 1.54) is 148 Å². The number of hydrogen-bond acceptors (Lipinski definition) is 8.